The van der Waals surface area contributed by atoms with Gasteiger partial charge in [0.05, 0.1) is 5.88 Å². The van der Waals surface area contributed by atoms with Crippen molar-refractivity contribution < 1.29 is 4.39 Å². The highest BCUT2D eigenvalue weighted by atomic mass is 79.9. The number of rotatable bonds is 2. The maximum atomic E-state index is 13.1. The van der Waals surface area contributed by atoms with Gasteiger partial charge in [0.25, 0.3) is 0 Å². The van der Waals surface area contributed by atoms with Crippen LogP contribution >= 0.6 is 38.9 Å². The van der Waals surface area contributed by atoms with Gasteiger partial charge in [0.2, 0.25) is 0 Å². The van der Waals surface area contributed by atoms with Crippen molar-refractivity contribution in [1.82, 2.24) is 4.98 Å². The third-order valence-corrected chi connectivity index (χ3v) is 3.75. The van der Waals surface area contributed by atoms with Crippen molar-refractivity contribution in [3.05, 3.63) is 39.6 Å². The van der Waals surface area contributed by atoms with Crippen LogP contribution in [0.5, 0.6) is 0 Å². The molecule has 0 radical (unpaired) electrons. The standard InChI is InChI=1S/C10H6BrClFNS/c11-7-1-6(2-8(13)3-7)10-14-5-9(4-12)15-10/h1-3,5H,4H2. The maximum Gasteiger partial charge on any atom is 0.125 e. The molecule has 1 heterocycles. The maximum absolute atomic E-state index is 13.1. The molecule has 0 saturated heterocycles. The summed E-state index contributed by atoms with van der Waals surface area (Å²) in [5, 5.41) is 0.783. The average Bonchev–Trinajstić information content (AvgIpc) is 2.64. The van der Waals surface area contributed by atoms with E-state index in [1.54, 1.807) is 6.20 Å². The number of thiazole rings is 1. The molecular formula is C10H6BrClFNS. The molecule has 15 heavy (non-hydrogen) atoms. The van der Waals surface area contributed by atoms with Crippen LogP contribution in [-0.4, -0.2) is 4.98 Å². The molecule has 2 rings (SSSR count). The van der Waals surface area contributed by atoms with E-state index in [2.05, 4.69) is 20.9 Å². The lowest BCUT2D eigenvalue weighted by Crippen LogP contribution is -1.79. The third kappa shape index (κ3) is 2.56. The molecular weight excluding hydrogens is 301 g/mol. The lowest BCUT2D eigenvalue weighted by Gasteiger charge is -1.97. The molecule has 0 unspecified atom stereocenters. The van der Waals surface area contributed by atoms with Gasteiger partial charge in [-0.15, -0.1) is 22.9 Å². The summed E-state index contributed by atoms with van der Waals surface area (Å²) in [4.78, 5) is 5.16. The molecule has 1 aromatic heterocycles. The zero-order chi connectivity index (χ0) is 10.8. The highest BCUT2D eigenvalue weighted by Gasteiger charge is 2.06. The topological polar surface area (TPSA) is 12.9 Å². The fourth-order valence-corrected chi connectivity index (χ4v) is 2.63. The van der Waals surface area contributed by atoms with E-state index in [9.17, 15) is 4.39 Å². The molecule has 0 bridgehead atoms. The van der Waals surface area contributed by atoms with Crippen molar-refractivity contribution in [3.8, 4) is 10.6 Å². The highest BCUT2D eigenvalue weighted by Crippen LogP contribution is 2.28. The molecule has 5 heteroatoms. The molecule has 0 atom stereocenters. The summed E-state index contributed by atoms with van der Waals surface area (Å²) < 4.78 is 13.8. The monoisotopic (exact) mass is 305 g/mol. The number of benzene rings is 1. The van der Waals surface area contributed by atoms with Gasteiger partial charge in [-0.05, 0) is 18.2 Å². The first-order valence-corrected chi connectivity index (χ1v) is 6.30. The van der Waals surface area contributed by atoms with Gasteiger partial charge in [-0.25, -0.2) is 9.37 Å². The first-order valence-electron chi connectivity index (χ1n) is 4.16. The molecule has 0 aliphatic rings. The predicted molar refractivity (Wildman–Crippen MR) is 64.8 cm³/mol. The quantitative estimate of drug-likeness (QED) is 0.747. The summed E-state index contributed by atoms with van der Waals surface area (Å²) in [6.45, 7) is 0. The smallest absolute Gasteiger partial charge is 0.125 e. The first-order chi connectivity index (χ1) is 7.19. The van der Waals surface area contributed by atoms with Crippen LogP contribution in [0.15, 0.2) is 28.9 Å². The van der Waals surface area contributed by atoms with Crippen molar-refractivity contribution in [2.24, 2.45) is 0 Å². The van der Waals surface area contributed by atoms with Crippen LogP contribution in [0.4, 0.5) is 4.39 Å². The fourth-order valence-electron chi connectivity index (χ4n) is 1.18. The SMILES string of the molecule is Fc1cc(Br)cc(-c2ncc(CCl)s2)c1. The van der Waals surface area contributed by atoms with Gasteiger partial charge in [0.1, 0.15) is 10.8 Å². The Hall–Kier alpha value is -0.450. The summed E-state index contributed by atoms with van der Waals surface area (Å²) in [6.07, 6.45) is 1.71. The van der Waals surface area contributed by atoms with Crippen LogP contribution in [-0.2, 0) is 5.88 Å². The van der Waals surface area contributed by atoms with Crippen LogP contribution in [0.1, 0.15) is 4.88 Å². The van der Waals surface area contributed by atoms with Crippen LogP contribution < -0.4 is 0 Å². The van der Waals surface area contributed by atoms with E-state index in [-0.39, 0.29) is 5.82 Å². The molecule has 1 aromatic carbocycles. The Labute approximate surface area is 104 Å². The number of alkyl halides is 1. The summed E-state index contributed by atoms with van der Waals surface area (Å²) >= 11 is 10.4. The van der Waals surface area contributed by atoms with Crippen molar-refractivity contribution in [2.45, 2.75) is 5.88 Å². The van der Waals surface area contributed by atoms with E-state index in [1.807, 2.05) is 6.07 Å². The Balaban J connectivity index is 2.44. The van der Waals surface area contributed by atoms with Gasteiger partial charge in [-0.3, -0.25) is 0 Å². The van der Waals surface area contributed by atoms with E-state index >= 15 is 0 Å². The molecule has 0 aliphatic carbocycles. The number of halogens is 3. The second-order valence-corrected chi connectivity index (χ2v) is 5.22. The number of hydrogen-bond acceptors (Lipinski definition) is 2. The van der Waals surface area contributed by atoms with Gasteiger partial charge < -0.3 is 0 Å². The van der Waals surface area contributed by atoms with E-state index in [0.717, 1.165) is 15.4 Å². The Morgan fingerprint density at radius 3 is 2.80 bits per heavy atom. The van der Waals surface area contributed by atoms with E-state index < -0.39 is 0 Å². The lowest BCUT2D eigenvalue weighted by molar-refractivity contribution is 0.627. The van der Waals surface area contributed by atoms with E-state index in [1.165, 1.54) is 23.5 Å². The molecule has 1 nitrogen and oxygen atoms in total. The average molecular weight is 307 g/mol. The number of hydrogen-bond donors (Lipinski definition) is 0. The normalized spacial score (nSPS) is 10.6. The van der Waals surface area contributed by atoms with Crippen LogP contribution in [0.2, 0.25) is 0 Å². The van der Waals surface area contributed by atoms with Gasteiger partial charge in [0.15, 0.2) is 0 Å². The van der Waals surface area contributed by atoms with Crippen LogP contribution in [0, 0.1) is 5.82 Å². The lowest BCUT2D eigenvalue weighted by atomic mass is 10.2. The summed E-state index contributed by atoms with van der Waals surface area (Å²) in [6, 6.07) is 4.71. The summed E-state index contributed by atoms with van der Waals surface area (Å²) in [7, 11) is 0. The largest absolute Gasteiger partial charge is 0.244 e. The zero-order valence-electron chi connectivity index (χ0n) is 7.51. The molecule has 0 aliphatic heterocycles. The molecule has 78 valence electrons. The third-order valence-electron chi connectivity index (χ3n) is 1.79. The minimum absolute atomic E-state index is 0.276. The predicted octanol–water partition coefficient (Wildman–Crippen LogP) is 4.45. The molecule has 0 N–H and O–H groups in total. The molecule has 0 amide bonds. The number of nitrogens with zero attached hydrogens (tertiary/aromatic N) is 1. The Morgan fingerprint density at radius 1 is 1.40 bits per heavy atom. The second-order valence-electron chi connectivity index (χ2n) is 2.92. The van der Waals surface area contributed by atoms with E-state index in [4.69, 9.17) is 11.6 Å². The fraction of sp³-hybridized carbons (Fsp3) is 0.100. The minimum atomic E-state index is -0.276. The Kier molecular flexibility index (Phi) is 3.38. The molecule has 0 spiro atoms. The van der Waals surface area contributed by atoms with Crippen molar-refractivity contribution >= 4 is 38.9 Å². The van der Waals surface area contributed by atoms with Crippen molar-refractivity contribution in [2.75, 3.05) is 0 Å². The molecule has 0 saturated carbocycles. The molecule has 0 fully saturated rings. The highest BCUT2D eigenvalue weighted by molar-refractivity contribution is 9.10. The Bertz CT molecular complexity index is 466. The zero-order valence-corrected chi connectivity index (χ0v) is 10.7. The van der Waals surface area contributed by atoms with Gasteiger partial charge >= 0.3 is 0 Å². The molecule has 2 aromatic rings. The van der Waals surface area contributed by atoms with Gasteiger partial charge in [0, 0.05) is 21.1 Å². The summed E-state index contributed by atoms with van der Waals surface area (Å²) in [5.74, 6) is 0.163. The minimum Gasteiger partial charge on any atom is -0.244 e. The van der Waals surface area contributed by atoms with Crippen LogP contribution in [0.3, 0.4) is 0 Å². The first kappa shape index (κ1) is 11.0. The van der Waals surface area contributed by atoms with Crippen molar-refractivity contribution in [1.29, 1.82) is 0 Å². The van der Waals surface area contributed by atoms with Crippen LogP contribution in [0.25, 0.3) is 10.6 Å². The number of aromatic nitrogens is 1. The Morgan fingerprint density at radius 2 is 2.20 bits per heavy atom. The van der Waals surface area contributed by atoms with E-state index in [0.29, 0.717) is 10.4 Å². The van der Waals surface area contributed by atoms with Gasteiger partial charge in [-0.1, -0.05) is 15.9 Å². The second kappa shape index (κ2) is 4.60. The van der Waals surface area contributed by atoms with Gasteiger partial charge in [-0.2, -0.15) is 0 Å². The van der Waals surface area contributed by atoms with Crippen molar-refractivity contribution in [3.63, 3.8) is 0 Å². The summed E-state index contributed by atoms with van der Waals surface area (Å²) in [5.41, 5.74) is 0.767.